The molecule has 5 heteroatoms. The highest BCUT2D eigenvalue weighted by molar-refractivity contribution is 6.31. The van der Waals surface area contributed by atoms with Crippen molar-refractivity contribution in [3.05, 3.63) is 64.4 Å². The second-order valence-corrected chi connectivity index (χ2v) is 5.21. The van der Waals surface area contributed by atoms with Gasteiger partial charge in [0.2, 0.25) is 0 Å². The fourth-order valence-corrected chi connectivity index (χ4v) is 2.33. The minimum atomic E-state index is -0.364. The van der Waals surface area contributed by atoms with Crippen molar-refractivity contribution >= 4 is 23.3 Å². The number of hydrogen-bond acceptors (Lipinski definition) is 1. The Hall–Kier alpha value is -2.07. The van der Waals surface area contributed by atoms with Crippen molar-refractivity contribution in [3.63, 3.8) is 0 Å². The third-order valence-electron chi connectivity index (χ3n) is 3.16. The van der Waals surface area contributed by atoms with Gasteiger partial charge < -0.3 is 10.6 Å². The van der Waals surface area contributed by atoms with Gasteiger partial charge in [0, 0.05) is 10.7 Å². The van der Waals surface area contributed by atoms with Gasteiger partial charge in [-0.1, -0.05) is 29.8 Å². The van der Waals surface area contributed by atoms with Gasteiger partial charge in [-0.05, 0) is 49.2 Å². The molecular weight excluding hydrogens is 291 g/mol. The number of amides is 2. The van der Waals surface area contributed by atoms with E-state index in [0.29, 0.717) is 16.3 Å². The van der Waals surface area contributed by atoms with Crippen LogP contribution in [0.3, 0.4) is 0 Å². The summed E-state index contributed by atoms with van der Waals surface area (Å²) >= 11 is 6.09. The van der Waals surface area contributed by atoms with E-state index in [-0.39, 0.29) is 17.9 Å². The van der Waals surface area contributed by atoms with Gasteiger partial charge in [0.1, 0.15) is 5.82 Å². The van der Waals surface area contributed by atoms with Gasteiger partial charge in [-0.2, -0.15) is 0 Å². The Labute approximate surface area is 128 Å². The standard InChI is InChI=1S/C16H16ClFN2O/c1-10-9-12(18)7-8-15(10)20-16(21)19-11(2)13-5-3-4-6-14(13)17/h3-9,11H,1-2H3,(H2,19,20,21)/t11-/m1/s1. The van der Waals surface area contributed by atoms with E-state index in [2.05, 4.69) is 10.6 Å². The fourth-order valence-electron chi connectivity index (χ4n) is 2.03. The Morgan fingerprint density at radius 2 is 1.95 bits per heavy atom. The summed E-state index contributed by atoms with van der Waals surface area (Å²) in [6.45, 7) is 3.58. The average molecular weight is 307 g/mol. The second kappa shape index (κ2) is 6.59. The highest BCUT2D eigenvalue weighted by atomic mass is 35.5. The van der Waals surface area contributed by atoms with Crippen molar-refractivity contribution in [3.8, 4) is 0 Å². The SMILES string of the molecule is Cc1cc(F)ccc1NC(=O)N[C@H](C)c1ccccc1Cl. The van der Waals surface area contributed by atoms with Crippen molar-refractivity contribution in [2.24, 2.45) is 0 Å². The summed E-state index contributed by atoms with van der Waals surface area (Å²) in [5.74, 6) is -0.331. The molecule has 3 nitrogen and oxygen atoms in total. The zero-order valence-corrected chi connectivity index (χ0v) is 12.5. The van der Waals surface area contributed by atoms with Crippen LogP contribution in [0.15, 0.2) is 42.5 Å². The first-order chi connectivity index (χ1) is 9.97. The molecule has 2 rings (SSSR count). The molecule has 2 aromatic rings. The summed E-state index contributed by atoms with van der Waals surface area (Å²) in [6.07, 6.45) is 0. The van der Waals surface area contributed by atoms with Crippen LogP contribution in [0.5, 0.6) is 0 Å². The van der Waals surface area contributed by atoms with Gasteiger partial charge >= 0.3 is 6.03 Å². The molecule has 0 spiro atoms. The van der Waals surface area contributed by atoms with Crippen LogP contribution >= 0.6 is 11.6 Å². The van der Waals surface area contributed by atoms with E-state index in [1.165, 1.54) is 18.2 Å². The van der Waals surface area contributed by atoms with E-state index in [0.717, 1.165) is 5.56 Å². The smallest absolute Gasteiger partial charge is 0.319 e. The van der Waals surface area contributed by atoms with Gasteiger partial charge in [0.15, 0.2) is 0 Å². The molecule has 0 aliphatic heterocycles. The predicted molar refractivity (Wildman–Crippen MR) is 83.2 cm³/mol. The van der Waals surface area contributed by atoms with E-state index >= 15 is 0 Å². The Balaban J connectivity index is 2.03. The number of carbonyl (C=O) groups is 1. The van der Waals surface area contributed by atoms with Crippen LogP contribution in [-0.4, -0.2) is 6.03 Å². The van der Waals surface area contributed by atoms with Crippen molar-refractivity contribution < 1.29 is 9.18 Å². The second-order valence-electron chi connectivity index (χ2n) is 4.80. The van der Waals surface area contributed by atoms with Gasteiger partial charge in [-0.25, -0.2) is 9.18 Å². The number of hydrogen-bond donors (Lipinski definition) is 2. The number of urea groups is 1. The molecule has 1 atom stereocenters. The Bertz CT molecular complexity index is 660. The summed E-state index contributed by atoms with van der Waals surface area (Å²) in [6, 6.07) is 10.9. The number of aryl methyl sites for hydroxylation is 1. The van der Waals surface area contributed by atoms with E-state index in [9.17, 15) is 9.18 Å². The molecule has 0 bridgehead atoms. The molecule has 0 saturated heterocycles. The van der Waals surface area contributed by atoms with Crippen LogP contribution in [0.25, 0.3) is 0 Å². The maximum absolute atomic E-state index is 13.0. The molecule has 0 heterocycles. The lowest BCUT2D eigenvalue weighted by Crippen LogP contribution is -2.31. The number of benzene rings is 2. The highest BCUT2D eigenvalue weighted by Crippen LogP contribution is 2.22. The topological polar surface area (TPSA) is 41.1 Å². The third-order valence-corrected chi connectivity index (χ3v) is 3.50. The lowest BCUT2D eigenvalue weighted by Gasteiger charge is -2.17. The van der Waals surface area contributed by atoms with Crippen LogP contribution < -0.4 is 10.6 Å². The number of halogens is 2. The van der Waals surface area contributed by atoms with Crippen molar-refractivity contribution in [1.82, 2.24) is 5.32 Å². The molecule has 0 unspecified atom stereocenters. The van der Waals surface area contributed by atoms with E-state index < -0.39 is 0 Å². The number of nitrogens with one attached hydrogen (secondary N) is 2. The quantitative estimate of drug-likeness (QED) is 0.850. The molecule has 0 aliphatic rings. The minimum Gasteiger partial charge on any atom is -0.331 e. The molecule has 110 valence electrons. The van der Waals surface area contributed by atoms with Crippen molar-refractivity contribution in [2.75, 3.05) is 5.32 Å². The largest absolute Gasteiger partial charge is 0.331 e. The fraction of sp³-hybridized carbons (Fsp3) is 0.188. The van der Waals surface area contributed by atoms with Crippen LogP contribution in [0.4, 0.5) is 14.9 Å². The van der Waals surface area contributed by atoms with Crippen LogP contribution in [0.2, 0.25) is 5.02 Å². The summed E-state index contributed by atoms with van der Waals surface area (Å²) in [7, 11) is 0. The number of carbonyl (C=O) groups excluding carboxylic acids is 1. The summed E-state index contributed by atoms with van der Waals surface area (Å²) in [5, 5.41) is 6.10. The molecule has 0 radical (unpaired) electrons. The molecule has 21 heavy (non-hydrogen) atoms. The molecule has 0 fully saturated rings. The summed E-state index contributed by atoms with van der Waals surface area (Å²) in [5.41, 5.74) is 2.07. The van der Waals surface area contributed by atoms with Gasteiger partial charge in [-0.15, -0.1) is 0 Å². The maximum atomic E-state index is 13.0. The highest BCUT2D eigenvalue weighted by Gasteiger charge is 2.12. The van der Waals surface area contributed by atoms with E-state index in [4.69, 9.17) is 11.6 Å². The Morgan fingerprint density at radius 1 is 1.24 bits per heavy atom. The monoisotopic (exact) mass is 306 g/mol. The third kappa shape index (κ3) is 3.95. The zero-order valence-electron chi connectivity index (χ0n) is 11.8. The van der Waals surface area contributed by atoms with Gasteiger partial charge in [-0.3, -0.25) is 0 Å². The average Bonchev–Trinajstić information content (AvgIpc) is 2.42. The first-order valence-electron chi connectivity index (χ1n) is 6.55. The lowest BCUT2D eigenvalue weighted by atomic mass is 10.1. The maximum Gasteiger partial charge on any atom is 0.319 e. The Kier molecular flexibility index (Phi) is 4.81. The van der Waals surface area contributed by atoms with E-state index in [1.807, 2.05) is 25.1 Å². The van der Waals surface area contributed by atoms with Gasteiger partial charge in [0.05, 0.1) is 6.04 Å². The van der Waals surface area contributed by atoms with Crippen LogP contribution in [0, 0.1) is 12.7 Å². The molecule has 0 aliphatic carbocycles. The molecule has 0 saturated carbocycles. The molecule has 2 aromatic carbocycles. The predicted octanol–water partition coefficient (Wildman–Crippen LogP) is 4.67. The van der Waals surface area contributed by atoms with E-state index in [1.54, 1.807) is 13.0 Å². The molecule has 2 N–H and O–H groups in total. The molecule has 2 amide bonds. The van der Waals surface area contributed by atoms with Crippen LogP contribution in [-0.2, 0) is 0 Å². The minimum absolute atomic E-state index is 0.237. The normalized spacial score (nSPS) is 11.8. The van der Waals surface area contributed by atoms with Gasteiger partial charge in [0.25, 0.3) is 0 Å². The molecule has 0 aromatic heterocycles. The summed E-state index contributed by atoms with van der Waals surface area (Å²) < 4.78 is 13.0. The zero-order chi connectivity index (χ0) is 15.4. The first kappa shape index (κ1) is 15.3. The van der Waals surface area contributed by atoms with Crippen molar-refractivity contribution in [1.29, 1.82) is 0 Å². The summed E-state index contributed by atoms with van der Waals surface area (Å²) in [4.78, 5) is 12.0. The number of anilines is 1. The van der Waals surface area contributed by atoms with Crippen LogP contribution in [0.1, 0.15) is 24.1 Å². The first-order valence-corrected chi connectivity index (χ1v) is 6.93. The van der Waals surface area contributed by atoms with Crippen molar-refractivity contribution in [2.45, 2.75) is 19.9 Å². The number of rotatable bonds is 3. The Morgan fingerprint density at radius 3 is 2.62 bits per heavy atom. The lowest BCUT2D eigenvalue weighted by molar-refractivity contribution is 0.249. The molecular formula is C16H16ClFN2O.